The number of aromatic carboxylic acids is 1. The quantitative estimate of drug-likeness (QED) is 0.231. The van der Waals surface area contributed by atoms with Gasteiger partial charge in [0.05, 0.1) is 11.7 Å². The van der Waals surface area contributed by atoms with Crippen LogP contribution >= 0.6 is 0 Å². The standard InChI is InChI=1S/C37H40O4/c1-36(2,3)30-19-17-27(18-20-30)31-22-29(32(38)21-14-25-12-15-28(16-13-25)35(39)40)23-33(34(31)37(4,5)6)41-24-26-10-8-7-9-11-26/h7-23,32,38H,24H2,1-6H3,(H,39,40)/b21-14+. The number of carboxylic acids is 1. The van der Waals surface area contributed by atoms with Crippen LogP contribution < -0.4 is 4.74 Å². The molecule has 0 aromatic heterocycles. The minimum atomic E-state index is -0.967. The average molecular weight is 549 g/mol. The lowest BCUT2D eigenvalue weighted by molar-refractivity contribution is 0.0697. The lowest BCUT2D eigenvalue weighted by Crippen LogP contribution is -2.16. The van der Waals surface area contributed by atoms with E-state index in [1.165, 1.54) is 5.56 Å². The molecule has 0 saturated carbocycles. The van der Waals surface area contributed by atoms with Crippen LogP contribution in [0, 0.1) is 0 Å². The van der Waals surface area contributed by atoms with E-state index in [1.54, 1.807) is 36.4 Å². The zero-order valence-corrected chi connectivity index (χ0v) is 24.8. The number of aliphatic hydroxyl groups is 1. The van der Waals surface area contributed by atoms with Crippen molar-refractivity contribution < 1.29 is 19.7 Å². The Morgan fingerprint density at radius 2 is 1.46 bits per heavy atom. The molecule has 41 heavy (non-hydrogen) atoms. The Balaban J connectivity index is 1.79. The Hall–Kier alpha value is -4.15. The fourth-order valence-corrected chi connectivity index (χ4v) is 4.86. The SMILES string of the molecule is CC(C)(C)c1ccc(-c2cc(C(O)/C=C/c3ccc(C(=O)O)cc3)cc(OCc3ccccc3)c2C(C)(C)C)cc1. The highest BCUT2D eigenvalue weighted by atomic mass is 16.5. The van der Waals surface area contributed by atoms with E-state index in [0.29, 0.717) is 6.61 Å². The minimum absolute atomic E-state index is 0.0425. The lowest BCUT2D eigenvalue weighted by atomic mass is 9.79. The van der Waals surface area contributed by atoms with Gasteiger partial charge in [0.15, 0.2) is 0 Å². The summed E-state index contributed by atoms with van der Waals surface area (Å²) in [5, 5.41) is 20.5. The monoisotopic (exact) mass is 548 g/mol. The molecule has 0 bridgehead atoms. The van der Waals surface area contributed by atoms with Crippen molar-refractivity contribution in [3.05, 3.63) is 130 Å². The summed E-state index contributed by atoms with van der Waals surface area (Å²) in [5.74, 6) is -0.224. The molecule has 4 aromatic rings. The van der Waals surface area contributed by atoms with Crippen molar-refractivity contribution in [2.24, 2.45) is 0 Å². The molecule has 0 fully saturated rings. The molecule has 2 N–H and O–H groups in total. The van der Waals surface area contributed by atoms with Crippen molar-refractivity contribution in [3.8, 4) is 16.9 Å². The minimum Gasteiger partial charge on any atom is -0.489 e. The molecule has 0 amide bonds. The van der Waals surface area contributed by atoms with Crippen molar-refractivity contribution >= 4 is 12.0 Å². The van der Waals surface area contributed by atoms with Gasteiger partial charge in [-0.25, -0.2) is 4.79 Å². The van der Waals surface area contributed by atoms with Crippen molar-refractivity contribution in [2.75, 3.05) is 0 Å². The van der Waals surface area contributed by atoms with Gasteiger partial charge in [0.25, 0.3) is 0 Å². The van der Waals surface area contributed by atoms with Crippen LogP contribution in [0.3, 0.4) is 0 Å². The van der Waals surface area contributed by atoms with E-state index in [0.717, 1.165) is 39.1 Å². The Morgan fingerprint density at radius 3 is 2.02 bits per heavy atom. The van der Waals surface area contributed by atoms with Crippen LogP contribution in [0.15, 0.2) is 97.1 Å². The van der Waals surface area contributed by atoms with Gasteiger partial charge in [-0.15, -0.1) is 0 Å². The lowest BCUT2D eigenvalue weighted by Gasteiger charge is -2.28. The van der Waals surface area contributed by atoms with E-state index >= 15 is 0 Å². The third-order valence-electron chi connectivity index (χ3n) is 7.14. The molecule has 0 radical (unpaired) electrons. The summed E-state index contributed by atoms with van der Waals surface area (Å²) in [6.45, 7) is 13.6. The van der Waals surface area contributed by atoms with Gasteiger partial charge in [-0.2, -0.15) is 0 Å². The average Bonchev–Trinajstić information content (AvgIpc) is 2.94. The molecule has 4 aromatic carbocycles. The molecule has 4 heteroatoms. The maximum atomic E-state index is 11.3. The highest BCUT2D eigenvalue weighted by molar-refractivity contribution is 5.87. The first-order valence-corrected chi connectivity index (χ1v) is 14.0. The van der Waals surface area contributed by atoms with E-state index < -0.39 is 12.1 Å². The molecule has 1 atom stereocenters. The summed E-state index contributed by atoms with van der Waals surface area (Å²) in [4.78, 5) is 11.2. The Labute approximate surface area is 244 Å². The number of ether oxygens (including phenoxy) is 1. The Kier molecular flexibility index (Phi) is 8.84. The summed E-state index contributed by atoms with van der Waals surface area (Å²) >= 11 is 0. The topological polar surface area (TPSA) is 66.8 Å². The predicted octanol–water partition coefficient (Wildman–Crippen LogP) is 8.97. The summed E-state index contributed by atoms with van der Waals surface area (Å²) in [6.07, 6.45) is 2.63. The number of aliphatic hydroxyl groups excluding tert-OH is 1. The van der Waals surface area contributed by atoms with Crippen molar-refractivity contribution in [3.63, 3.8) is 0 Å². The molecule has 4 rings (SSSR count). The van der Waals surface area contributed by atoms with E-state index in [4.69, 9.17) is 9.84 Å². The van der Waals surface area contributed by atoms with E-state index in [-0.39, 0.29) is 16.4 Å². The fourth-order valence-electron chi connectivity index (χ4n) is 4.86. The molecule has 1 unspecified atom stereocenters. The third-order valence-corrected chi connectivity index (χ3v) is 7.14. The van der Waals surface area contributed by atoms with Crippen LogP contribution in [-0.4, -0.2) is 16.2 Å². The number of carbonyl (C=O) groups is 1. The van der Waals surface area contributed by atoms with Gasteiger partial charge in [-0.1, -0.05) is 120 Å². The molecule has 0 aliphatic heterocycles. The van der Waals surface area contributed by atoms with Gasteiger partial charge in [-0.05, 0) is 68.5 Å². The molecule has 0 heterocycles. The Bertz CT molecular complexity index is 1500. The van der Waals surface area contributed by atoms with Crippen LogP contribution in [0.5, 0.6) is 5.75 Å². The molecule has 0 spiro atoms. The predicted molar refractivity (Wildman–Crippen MR) is 167 cm³/mol. The summed E-state index contributed by atoms with van der Waals surface area (Å²) in [5.41, 5.74) is 7.06. The van der Waals surface area contributed by atoms with Gasteiger partial charge in [0.1, 0.15) is 12.4 Å². The third kappa shape index (κ3) is 7.53. The van der Waals surface area contributed by atoms with Crippen LogP contribution in [0.4, 0.5) is 0 Å². The summed E-state index contributed by atoms with van der Waals surface area (Å²) < 4.78 is 6.49. The summed E-state index contributed by atoms with van der Waals surface area (Å²) in [7, 11) is 0. The number of hydrogen-bond acceptors (Lipinski definition) is 3. The Morgan fingerprint density at radius 1 is 0.829 bits per heavy atom. The first-order chi connectivity index (χ1) is 19.3. The van der Waals surface area contributed by atoms with Crippen LogP contribution in [-0.2, 0) is 17.4 Å². The van der Waals surface area contributed by atoms with E-state index in [1.807, 2.05) is 36.4 Å². The summed E-state index contributed by atoms with van der Waals surface area (Å²) in [6, 6.07) is 29.3. The maximum absolute atomic E-state index is 11.3. The fraction of sp³-hybridized carbons (Fsp3) is 0.270. The highest BCUT2D eigenvalue weighted by Crippen LogP contribution is 2.42. The van der Waals surface area contributed by atoms with E-state index in [2.05, 4.69) is 71.9 Å². The van der Waals surface area contributed by atoms with Gasteiger partial charge < -0.3 is 14.9 Å². The van der Waals surface area contributed by atoms with Crippen molar-refractivity contribution in [1.29, 1.82) is 0 Å². The second-order valence-corrected chi connectivity index (χ2v) is 12.5. The molecule has 0 saturated heterocycles. The van der Waals surface area contributed by atoms with Crippen LogP contribution in [0.1, 0.15) is 85.8 Å². The normalized spacial score (nSPS) is 12.9. The van der Waals surface area contributed by atoms with Gasteiger partial charge in [0.2, 0.25) is 0 Å². The second kappa shape index (κ2) is 12.2. The number of carboxylic acid groups (broad SMARTS) is 1. The van der Waals surface area contributed by atoms with Crippen LogP contribution in [0.25, 0.3) is 17.2 Å². The number of rotatable bonds is 8. The zero-order valence-electron chi connectivity index (χ0n) is 24.8. The molecule has 0 aliphatic rings. The van der Waals surface area contributed by atoms with Gasteiger partial charge in [0, 0.05) is 5.56 Å². The van der Waals surface area contributed by atoms with Gasteiger partial charge >= 0.3 is 5.97 Å². The molecule has 0 aliphatic carbocycles. The van der Waals surface area contributed by atoms with Gasteiger partial charge in [-0.3, -0.25) is 0 Å². The highest BCUT2D eigenvalue weighted by Gasteiger charge is 2.26. The molecular weight excluding hydrogens is 508 g/mol. The molecule has 212 valence electrons. The van der Waals surface area contributed by atoms with Crippen molar-refractivity contribution in [1.82, 2.24) is 0 Å². The second-order valence-electron chi connectivity index (χ2n) is 12.5. The first kappa shape index (κ1) is 29.8. The molecular formula is C37H40O4. The maximum Gasteiger partial charge on any atom is 0.335 e. The zero-order chi connectivity index (χ0) is 29.8. The van der Waals surface area contributed by atoms with E-state index in [9.17, 15) is 9.90 Å². The smallest absolute Gasteiger partial charge is 0.335 e. The van der Waals surface area contributed by atoms with Crippen molar-refractivity contribution in [2.45, 2.75) is 65.1 Å². The number of benzene rings is 4. The van der Waals surface area contributed by atoms with Crippen LogP contribution in [0.2, 0.25) is 0 Å². The first-order valence-electron chi connectivity index (χ1n) is 14.0. The largest absolute Gasteiger partial charge is 0.489 e. The number of hydrogen-bond donors (Lipinski definition) is 2. The molecule has 4 nitrogen and oxygen atoms in total.